The Morgan fingerprint density at radius 2 is 2.13 bits per heavy atom. The van der Waals surface area contributed by atoms with Gasteiger partial charge in [-0.2, -0.15) is 13.5 Å². The van der Waals surface area contributed by atoms with Crippen molar-refractivity contribution < 1.29 is 13.5 Å². The predicted octanol–water partition coefficient (Wildman–Crippen LogP) is 1.06. The normalized spacial score (nSPS) is 19.2. The van der Waals surface area contributed by atoms with E-state index in [0.717, 1.165) is 19.6 Å². The summed E-state index contributed by atoms with van der Waals surface area (Å²) in [6.45, 7) is 2.74. The number of halogens is 2. The van der Waals surface area contributed by atoms with E-state index in [0.29, 0.717) is 24.1 Å². The molecule has 9 heteroatoms. The van der Waals surface area contributed by atoms with Gasteiger partial charge in [0.25, 0.3) is 0 Å². The van der Waals surface area contributed by atoms with Crippen LogP contribution in [0.25, 0.3) is 5.69 Å². The lowest BCUT2D eigenvalue weighted by Crippen LogP contribution is -2.49. The van der Waals surface area contributed by atoms with Crippen molar-refractivity contribution in [2.24, 2.45) is 0 Å². The van der Waals surface area contributed by atoms with Gasteiger partial charge in [0.2, 0.25) is 0 Å². The van der Waals surface area contributed by atoms with E-state index in [9.17, 15) is 8.78 Å². The van der Waals surface area contributed by atoms with Crippen LogP contribution in [0.4, 0.5) is 8.78 Å². The number of aromatic nitrogens is 4. The van der Waals surface area contributed by atoms with E-state index in [1.807, 2.05) is 0 Å². The first kappa shape index (κ1) is 15.8. The van der Waals surface area contributed by atoms with Gasteiger partial charge in [0.15, 0.2) is 5.82 Å². The van der Waals surface area contributed by atoms with Gasteiger partial charge in [0.05, 0.1) is 12.2 Å². The number of nitrogens with zero attached hydrogens (tertiary/aromatic N) is 5. The zero-order chi connectivity index (χ0) is 16.2. The summed E-state index contributed by atoms with van der Waals surface area (Å²) in [5.74, 6) is 0.815. The van der Waals surface area contributed by atoms with Crippen molar-refractivity contribution in [3.8, 4) is 11.4 Å². The summed E-state index contributed by atoms with van der Waals surface area (Å²) >= 11 is 0. The van der Waals surface area contributed by atoms with Crippen molar-refractivity contribution in [2.75, 3.05) is 19.6 Å². The average Bonchev–Trinajstić information content (AvgIpc) is 2.98. The van der Waals surface area contributed by atoms with E-state index in [-0.39, 0.29) is 5.75 Å². The second-order valence-electron chi connectivity index (χ2n) is 5.40. The number of hydrogen-bond acceptors (Lipinski definition) is 6. The third-order valence-electron chi connectivity index (χ3n) is 3.82. The van der Waals surface area contributed by atoms with Gasteiger partial charge >= 0.3 is 6.61 Å². The summed E-state index contributed by atoms with van der Waals surface area (Å²) in [5, 5.41) is 15.1. The lowest BCUT2D eigenvalue weighted by atomic mass is 10.2. The summed E-state index contributed by atoms with van der Waals surface area (Å²) in [6, 6.07) is 6.65. The smallest absolute Gasteiger partial charge is 0.387 e. The standard InChI is InChI=1S/C14H18F2N6O/c1-10-8-17-6-7-21(10)9-13-18-19-20-22(13)11-2-4-12(5-3-11)23-14(15)16/h2-5,10,14,17H,6-9H2,1H3/t10-/m0/s1. The molecule has 1 N–H and O–H groups in total. The van der Waals surface area contributed by atoms with Crippen molar-refractivity contribution >= 4 is 0 Å². The molecule has 0 saturated carbocycles. The fourth-order valence-corrected chi connectivity index (χ4v) is 2.57. The summed E-state index contributed by atoms with van der Waals surface area (Å²) in [7, 11) is 0. The van der Waals surface area contributed by atoms with Crippen LogP contribution < -0.4 is 10.1 Å². The van der Waals surface area contributed by atoms with Crippen LogP contribution in [0.3, 0.4) is 0 Å². The van der Waals surface area contributed by atoms with Crippen LogP contribution in [-0.2, 0) is 6.54 Å². The van der Waals surface area contributed by atoms with Gasteiger partial charge in [0.1, 0.15) is 5.75 Å². The van der Waals surface area contributed by atoms with E-state index in [2.05, 4.69) is 37.4 Å². The van der Waals surface area contributed by atoms with Crippen LogP contribution in [0.2, 0.25) is 0 Å². The van der Waals surface area contributed by atoms with Gasteiger partial charge in [-0.3, -0.25) is 4.90 Å². The van der Waals surface area contributed by atoms with Crippen molar-refractivity contribution in [3.63, 3.8) is 0 Å². The number of tetrazole rings is 1. The fraction of sp³-hybridized carbons (Fsp3) is 0.500. The second kappa shape index (κ2) is 6.97. The lowest BCUT2D eigenvalue weighted by Gasteiger charge is -2.33. The highest BCUT2D eigenvalue weighted by atomic mass is 19.3. The zero-order valence-electron chi connectivity index (χ0n) is 12.7. The largest absolute Gasteiger partial charge is 0.435 e. The van der Waals surface area contributed by atoms with Crippen LogP contribution in [0, 0.1) is 0 Å². The quantitative estimate of drug-likeness (QED) is 0.887. The van der Waals surface area contributed by atoms with Gasteiger partial charge in [-0.05, 0) is 41.6 Å². The number of hydrogen-bond donors (Lipinski definition) is 1. The number of benzene rings is 1. The maximum Gasteiger partial charge on any atom is 0.387 e. The molecule has 7 nitrogen and oxygen atoms in total. The van der Waals surface area contributed by atoms with Crippen molar-refractivity contribution in [3.05, 3.63) is 30.1 Å². The minimum atomic E-state index is -2.83. The van der Waals surface area contributed by atoms with Crippen LogP contribution in [0.1, 0.15) is 12.7 Å². The molecule has 23 heavy (non-hydrogen) atoms. The molecule has 1 aliphatic heterocycles. The summed E-state index contributed by atoms with van der Waals surface area (Å²) < 4.78 is 30.3. The van der Waals surface area contributed by atoms with Crippen LogP contribution in [0.15, 0.2) is 24.3 Å². The summed E-state index contributed by atoms with van der Waals surface area (Å²) in [6.07, 6.45) is 0. The van der Waals surface area contributed by atoms with Gasteiger partial charge < -0.3 is 10.1 Å². The maximum absolute atomic E-state index is 12.2. The minimum absolute atomic E-state index is 0.106. The molecule has 2 heterocycles. The summed E-state index contributed by atoms with van der Waals surface area (Å²) in [5.41, 5.74) is 0.703. The Kier molecular flexibility index (Phi) is 4.77. The van der Waals surface area contributed by atoms with Crippen LogP contribution in [-0.4, -0.2) is 57.4 Å². The molecule has 0 aliphatic carbocycles. The second-order valence-corrected chi connectivity index (χ2v) is 5.40. The molecular formula is C14H18F2N6O. The molecule has 2 aromatic rings. The van der Waals surface area contributed by atoms with Crippen LogP contribution in [0.5, 0.6) is 5.75 Å². The number of nitrogens with one attached hydrogen (secondary N) is 1. The molecule has 0 amide bonds. The lowest BCUT2D eigenvalue weighted by molar-refractivity contribution is -0.0498. The highest BCUT2D eigenvalue weighted by Crippen LogP contribution is 2.18. The van der Waals surface area contributed by atoms with E-state index >= 15 is 0 Å². The van der Waals surface area contributed by atoms with Gasteiger partial charge in [-0.15, -0.1) is 5.10 Å². The first-order chi connectivity index (χ1) is 11.1. The van der Waals surface area contributed by atoms with Gasteiger partial charge in [0, 0.05) is 25.7 Å². The third-order valence-corrected chi connectivity index (χ3v) is 3.82. The molecule has 124 valence electrons. The minimum Gasteiger partial charge on any atom is -0.435 e. The average molecular weight is 324 g/mol. The topological polar surface area (TPSA) is 68.1 Å². The summed E-state index contributed by atoms with van der Waals surface area (Å²) in [4.78, 5) is 2.30. The molecule has 1 atom stereocenters. The molecule has 1 fully saturated rings. The Balaban J connectivity index is 1.75. The highest BCUT2D eigenvalue weighted by molar-refractivity contribution is 5.37. The number of rotatable bonds is 5. The zero-order valence-corrected chi connectivity index (χ0v) is 12.7. The first-order valence-corrected chi connectivity index (χ1v) is 7.41. The van der Waals surface area contributed by atoms with E-state index < -0.39 is 6.61 Å². The van der Waals surface area contributed by atoms with Crippen molar-refractivity contribution in [1.29, 1.82) is 0 Å². The highest BCUT2D eigenvalue weighted by Gasteiger charge is 2.21. The molecule has 0 spiro atoms. The Bertz CT molecular complexity index is 632. The molecule has 1 aromatic carbocycles. The molecule has 1 aliphatic rings. The molecule has 0 radical (unpaired) electrons. The molecule has 0 bridgehead atoms. The molecule has 3 rings (SSSR count). The van der Waals surface area contributed by atoms with E-state index in [4.69, 9.17) is 0 Å². The molecular weight excluding hydrogens is 306 g/mol. The van der Waals surface area contributed by atoms with E-state index in [1.165, 1.54) is 12.1 Å². The number of alkyl halides is 2. The van der Waals surface area contributed by atoms with E-state index in [1.54, 1.807) is 16.8 Å². The first-order valence-electron chi connectivity index (χ1n) is 7.41. The van der Waals surface area contributed by atoms with Crippen molar-refractivity contribution in [1.82, 2.24) is 30.4 Å². The van der Waals surface area contributed by atoms with Crippen LogP contribution >= 0.6 is 0 Å². The Morgan fingerprint density at radius 3 is 2.83 bits per heavy atom. The monoisotopic (exact) mass is 324 g/mol. The molecule has 1 aromatic heterocycles. The number of piperazine rings is 1. The molecule has 0 unspecified atom stereocenters. The van der Waals surface area contributed by atoms with Gasteiger partial charge in [-0.25, -0.2) is 0 Å². The predicted molar refractivity (Wildman–Crippen MR) is 78.5 cm³/mol. The Hall–Kier alpha value is -2.13. The van der Waals surface area contributed by atoms with Gasteiger partial charge in [-0.1, -0.05) is 0 Å². The SMILES string of the molecule is C[C@H]1CNCCN1Cc1nnnn1-c1ccc(OC(F)F)cc1. The maximum atomic E-state index is 12.2. The van der Waals surface area contributed by atoms with Crippen molar-refractivity contribution in [2.45, 2.75) is 26.1 Å². The molecule has 1 saturated heterocycles. The Labute approximate surface area is 132 Å². The Morgan fingerprint density at radius 1 is 1.35 bits per heavy atom. The number of ether oxygens (including phenoxy) is 1. The fourth-order valence-electron chi connectivity index (χ4n) is 2.57. The third kappa shape index (κ3) is 3.80.